The van der Waals surface area contributed by atoms with Gasteiger partial charge in [0.15, 0.2) is 11.6 Å². The number of benzene rings is 1. The smallest absolute Gasteiger partial charge is 0.243 e. The molecule has 0 aliphatic heterocycles. The van der Waals surface area contributed by atoms with E-state index in [4.69, 9.17) is 5.73 Å². The van der Waals surface area contributed by atoms with Crippen LogP contribution in [0.2, 0.25) is 0 Å². The molecule has 0 aliphatic carbocycles. The number of halogens is 2. The Balaban J connectivity index is 2.22. The fourth-order valence-electron chi connectivity index (χ4n) is 1.86. The first kappa shape index (κ1) is 15.4. The first-order valence-electron chi connectivity index (χ1n) is 6.02. The van der Waals surface area contributed by atoms with E-state index in [-0.39, 0.29) is 5.69 Å². The molecule has 21 heavy (non-hydrogen) atoms. The SMILES string of the molecule is CC(Cn1ccnc1)NS(=O)(=O)c1cc(N)cc(F)c1F. The van der Waals surface area contributed by atoms with Gasteiger partial charge in [-0.15, -0.1) is 0 Å². The van der Waals surface area contributed by atoms with E-state index in [2.05, 4.69) is 9.71 Å². The highest BCUT2D eigenvalue weighted by Crippen LogP contribution is 2.21. The predicted octanol–water partition coefficient (Wildman–Crippen LogP) is 1.11. The second-order valence-electron chi connectivity index (χ2n) is 4.60. The lowest BCUT2D eigenvalue weighted by Crippen LogP contribution is -2.36. The van der Waals surface area contributed by atoms with Crippen LogP contribution in [-0.4, -0.2) is 24.0 Å². The van der Waals surface area contributed by atoms with Gasteiger partial charge < -0.3 is 10.3 Å². The molecule has 0 saturated heterocycles. The number of nitrogen functional groups attached to an aromatic ring is 1. The summed E-state index contributed by atoms with van der Waals surface area (Å²) < 4.78 is 55.0. The number of anilines is 1. The number of imidazole rings is 1. The van der Waals surface area contributed by atoms with Crippen LogP contribution in [0.25, 0.3) is 0 Å². The number of rotatable bonds is 5. The fourth-order valence-corrected chi connectivity index (χ4v) is 3.21. The van der Waals surface area contributed by atoms with E-state index in [1.54, 1.807) is 23.9 Å². The third-order valence-electron chi connectivity index (χ3n) is 2.71. The minimum Gasteiger partial charge on any atom is -0.399 e. The van der Waals surface area contributed by atoms with Crippen molar-refractivity contribution >= 4 is 15.7 Å². The third-order valence-corrected chi connectivity index (χ3v) is 4.30. The maximum atomic E-state index is 13.6. The second-order valence-corrected chi connectivity index (χ2v) is 6.28. The summed E-state index contributed by atoms with van der Waals surface area (Å²) in [6, 6.07) is 1.06. The lowest BCUT2D eigenvalue weighted by Gasteiger charge is -2.15. The van der Waals surface area contributed by atoms with Gasteiger partial charge in [-0.05, 0) is 19.1 Å². The van der Waals surface area contributed by atoms with Gasteiger partial charge in [0.1, 0.15) is 4.90 Å². The lowest BCUT2D eigenvalue weighted by molar-refractivity contribution is 0.478. The fraction of sp³-hybridized carbons (Fsp3) is 0.250. The van der Waals surface area contributed by atoms with Crippen molar-refractivity contribution in [2.24, 2.45) is 0 Å². The largest absolute Gasteiger partial charge is 0.399 e. The predicted molar refractivity (Wildman–Crippen MR) is 72.8 cm³/mol. The van der Waals surface area contributed by atoms with Crippen molar-refractivity contribution in [2.75, 3.05) is 5.73 Å². The van der Waals surface area contributed by atoms with Crippen LogP contribution >= 0.6 is 0 Å². The lowest BCUT2D eigenvalue weighted by atomic mass is 10.3. The third kappa shape index (κ3) is 3.56. The van der Waals surface area contributed by atoms with E-state index in [0.29, 0.717) is 6.54 Å². The van der Waals surface area contributed by atoms with Crippen LogP contribution in [-0.2, 0) is 16.6 Å². The molecular formula is C12H14F2N4O2S. The first-order valence-corrected chi connectivity index (χ1v) is 7.50. The normalized spacial score (nSPS) is 13.3. The van der Waals surface area contributed by atoms with Gasteiger partial charge in [0.05, 0.1) is 6.33 Å². The van der Waals surface area contributed by atoms with Crippen molar-refractivity contribution in [1.29, 1.82) is 0 Å². The zero-order valence-corrected chi connectivity index (χ0v) is 11.9. The molecule has 1 atom stereocenters. The molecule has 1 unspecified atom stereocenters. The molecule has 1 heterocycles. The van der Waals surface area contributed by atoms with Crippen molar-refractivity contribution in [1.82, 2.24) is 14.3 Å². The maximum absolute atomic E-state index is 13.6. The van der Waals surface area contributed by atoms with Gasteiger partial charge in [-0.1, -0.05) is 0 Å². The Morgan fingerprint density at radius 1 is 1.43 bits per heavy atom. The standard InChI is InChI=1S/C12H14F2N4O2S/c1-8(6-18-3-2-16-7-18)17-21(19,20)11-5-9(15)4-10(13)12(11)14/h2-5,7-8,17H,6,15H2,1H3. The Kier molecular flexibility index (Phi) is 4.24. The zero-order valence-electron chi connectivity index (χ0n) is 11.1. The summed E-state index contributed by atoms with van der Waals surface area (Å²) in [5.41, 5.74) is 5.18. The molecule has 1 aromatic heterocycles. The number of nitrogens with two attached hydrogens (primary N) is 1. The minimum absolute atomic E-state index is 0.170. The molecule has 9 heteroatoms. The number of aromatic nitrogens is 2. The Labute approximate surface area is 120 Å². The number of hydrogen-bond acceptors (Lipinski definition) is 4. The molecule has 2 rings (SSSR count). The number of sulfonamides is 1. The number of hydrogen-bond donors (Lipinski definition) is 2. The second kappa shape index (κ2) is 5.78. The van der Waals surface area contributed by atoms with Crippen molar-refractivity contribution in [3.8, 4) is 0 Å². The van der Waals surface area contributed by atoms with Crippen LogP contribution in [0.1, 0.15) is 6.92 Å². The Morgan fingerprint density at radius 2 is 2.14 bits per heavy atom. The quantitative estimate of drug-likeness (QED) is 0.809. The van der Waals surface area contributed by atoms with Crippen molar-refractivity contribution in [2.45, 2.75) is 24.4 Å². The molecule has 0 aliphatic rings. The van der Waals surface area contributed by atoms with E-state index in [0.717, 1.165) is 12.1 Å². The van der Waals surface area contributed by atoms with Gasteiger partial charge in [0.2, 0.25) is 10.0 Å². The van der Waals surface area contributed by atoms with Gasteiger partial charge in [0.25, 0.3) is 0 Å². The zero-order chi connectivity index (χ0) is 15.6. The molecule has 0 spiro atoms. The Bertz CT molecular complexity index is 732. The highest BCUT2D eigenvalue weighted by Gasteiger charge is 2.24. The van der Waals surface area contributed by atoms with Crippen LogP contribution in [0.5, 0.6) is 0 Å². The Morgan fingerprint density at radius 3 is 2.76 bits per heavy atom. The van der Waals surface area contributed by atoms with E-state index in [9.17, 15) is 17.2 Å². The van der Waals surface area contributed by atoms with Crippen molar-refractivity contribution in [3.63, 3.8) is 0 Å². The minimum atomic E-state index is -4.22. The van der Waals surface area contributed by atoms with Crippen LogP contribution in [0.15, 0.2) is 35.7 Å². The molecule has 0 bridgehead atoms. The van der Waals surface area contributed by atoms with Gasteiger partial charge in [-0.25, -0.2) is 26.9 Å². The van der Waals surface area contributed by atoms with Crippen LogP contribution < -0.4 is 10.5 Å². The van der Waals surface area contributed by atoms with E-state index in [1.807, 2.05) is 0 Å². The summed E-state index contributed by atoms with van der Waals surface area (Å²) in [6.07, 6.45) is 4.73. The summed E-state index contributed by atoms with van der Waals surface area (Å²) in [4.78, 5) is 3.02. The van der Waals surface area contributed by atoms with Crippen LogP contribution in [0.4, 0.5) is 14.5 Å². The molecule has 0 fully saturated rings. The van der Waals surface area contributed by atoms with Gasteiger partial charge >= 0.3 is 0 Å². The monoisotopic (exact) mass is 316 g/mol. The van der Waals surface area contributed by atoms with Crippen LogP contribution in [0.3, 0.4) is 0 Å². The number of nitrogens with zero attached hydrogens (tertiary/aromatic N) is 2. The summed E-state index contributed by atoms with van der Waals surface area (Å²) in [7, 11) is -4.22. The van der Waals surface area contributed by atoms with E-state index in [1.165, 1.54) is 6.33 Å². The van der Waals surface area contributed by atoms with Gasteiger partial charge in [0, 0.05) is 30.7 Å². The van der Waals surface area contributed by atoms with Crippen LogP contribution in [0, 0.1) is 11.6 Å². The Hall–Kier alpha value is -2.00. The summed E-state index contributed by atoms with van der Waals surface area (Å²) in [5.74, 6) is -2.76. The molecular weight excluding hydrogens is 302 g/mol. The molecule has 6 nitrogen and oxygen atoms in total. The van der Waals surface area contributed by atoms with Gasteiger partial charge in [-0.2, -0.15) is 0 Å². The average Bonchev–Trinajstić information content (AvgIpc) is 2.85. The highest BCUT2D eigenvalue weighted by molar-refractivity contribution is 7.89. The summed E-state index contributed by atoms with van der Waals surface area (Å²) in [5, 5.41) is 0. The molecule has 0 saturated carbocycles. The molecule has 2 aromatic rings. The maximum Gasteiger partial charge on any atom is 0.243 e. The average molecular weight is 316 g/mol. The van der Waals surface area contributed by atoms with Crippen molar-refractivity contribution in [3.05, 3.63) is 42.5 Å². The molecule has 1 aromatic carbocycles. The van der Waals surface area contributed by atoms with E-state index >= 15 is 0 Å². The van der Waals surface area contributed by atoms with Crippen molar-refractivity contribution < 1.29 is 17.2 Å². The highest BCUT2D eigenvalue weighted by atomic mass is 32.2. The molecule has 114 valence electrons. The van der Waals surface area contributed by atoms with E-state index < -0.39 is 32.6 Å². The van der Waals surface area contributed by atoms with Gasteiger partial charge in [-0.3, -0.25) is 0 Å². The summed E-state index contributed by atoms with van der Waals surface area (Å²) in [6.45, 7) is 1.89. The first-order chi connectivity index (χ1) is 9.79. The topological polar surface area (TPSA) is 90.0 Å². The number of nitrogens with one attached hydrogen (secondary N) is 1. The molecule has 3 N–H and O–H groups in total. The summed E-state index contributed by atoms with van der Waals surface area (Å²) >= 11 is 0. The molecule has 0 amide bonds. The molecule has 0 radical (unpaired) electrons.